The molecule has 0 heterocycles. The molecule has 0 rings (SSSR count). The van der Waals surface area contributed by atoms with E-state index in [1.54, 1.807) is 0 Å². The Hall–Kier alpha value is -3.38. The minimum Gasteiger partial charge on any atom is -0.481 e. The summed E-state index contributed by atoms with van der Waals surface area (Å²) in [6, 6.07) is -2.23. The molecule has 2 amide bonds. The van der Waals surface area contributed by atoms with Crippen molar-refractivity contribution in [3.8, 4) is 0 Å². The van der Waals surface area contributed by atoms with Gasteiger partial charge in [-0.05, 0) is 6.42 Å². The fourth-order valence-electron chi connectivity index (χ4n) is 0.697. The highest BCUT2D eigenvalue weighted by molar-refractivity contribution is 5.82. The molecule has 0 aromatic rings. The van der Waals surface area contributed by atoms with E-state index in [-0.39, 0.29) is 12.8 Å². The van der Waals surface area contributed by atoms with Crippen LogP contribution in [0, 0.1) is 0 Å². The van der Waals surface area contributed by atoms with Crippen molar-refractivity contribution in [2.24, 2.45) is 5.73 Å². The minimum absolute atomic E-state index is 0.187. The normalized spacial score (nSPS) is 9.08. The maximum absolute atomic E-state index is 10.4. The molecule has 0 saturated carbocycles. The Morgan fingerprint density at radius 1 is 0.800 bits per heavy atom. The van der Waals surface area contributed by atoms with E-state index in [1.165, 1.54) is 0 Å². The molecule has 0 bridgehead atoms. The largest absolute Gasteiger partial charge is 0.481 e. The Morgan fingerprint density at radius 2 is 1.08 bits per heavy atom. The van der Waals surface area contributed by atoms with Gasteiger partial charge in [0.25, 0.3) is 17.9 Å². The molecule has 0 aliphatic carbocycles. The standard InChI is InChI=1S/C6H10N2O5.3C2H4O2/c7-6(13)8-3(5(11)12)1-2-4(9)10;3*1-2(3)4/h3H,1-2H2,(H,9,10)(H,11,12)(H3,7,8,13);3*1H3,(H,3,4)/t3-;;;/m0.../s1. The monoisotopic (exact) mass is 370 g/mol. The Kier molecular flexibility index (Phi) is 22.1. The van der Waals surface area contributed by atoms with Gasteiger partial charge >= 0.3 is 18.0 Å². The highest BCUT2D eigenvalue weighted by Crippen LogP contribution is 1.97. The number of nitrogens with two attached hydrogens (primary N) is 1. The number of hydrogen-bond acceptors (Lipinski definition) is 6. The van der Waals surface area contributed by atoms with Crippen LogP contribution in [0.3, 0.4) is 0 Å². The summed E-state index contributed by atoms with van der Waals surface area (Å²) in [6.07, 6.45) is -0.523. The summed E-state index contributed by atoms with van der Waals surface area (Å²) < 4.78 is 0. The van der Waals surface area contributed by atoms with Crippen LogP contribution in [0.5, 0.6) is 0 Å². The molecule has 0 aliphatic heterocycles. The Balaban J connectivity index is -0.000000150. The first-order valence-corrected chi connectivity index (χ1v) is 6.22. The van der Waals surface area contributed by atoms with Gasteiger partial charge in [0.1, 0.15) is 6.04 Å². The van der Waals surface area contributed by atoms with Crippen LogP contribution in [0.2, 0.25) is 0 Å². The lowest BCUT2D eigenvalue weighted by Crippen LogP contribution is -2.43. The SMILES string of the molecule is CC(=O)O.CC(=O)O.CC(=O)O.NC(=O)N[C@@H](CCC(=O)O)C(=O)O. The number of urea groups is 1. The molecule has 1 atom stereocenters. The van der Waals surface area contributed by atoms with Gasteiger partial charge in [0.15, 0.2) is 0 Å². The zero-order chi connectivity index (χ0) is 21.2. The number of carboxylic acid groups (broad SMARTS) is 5. The molecule has 8 N–H and O–H groups in total. The second-order valence-corrected chi connectivity index (χ2v) is 3.89. The molecule has 25 heavy (non-hydrogen) atoms. The number of aliphatic carboxylic acids is 5. The molecule has 13 nitrogen and oxygen atoms in total. The van der Waals surface area contributed by atoms with E-state index in [1.807, 2.05) is 5.32 Å². The van der Waals surface area contributed by atoms with Crippen molar-refractivity contribution in [2.75, 3.05) is 0 Å². The van der Waals surface area contributed by atoms with Crippen LogP contribution in [0.25, 0.3) is 0 Å². The van der Waals surface area contributed by atoms with Crippen molar-refractivity contribution in [1.29, 1.82) is 0 Å². The van der Waals surface area contributed by atoms with Crippen LogP contribution in [-0.4, -0.2) is 67.5 Å². The third kappa shape index (κ3) is 77.2. The molecule has 0 unspecified atom stereocenters. The maximum Gasteiger partial charge on any atom is 0.326 e. The highest BCUT2D eigenvalue weighted by atomic mass is 16.4. The average molecular weight is 370 g/mol. The van der Waals surface area contributed by atoms with Crippen molar-refractivity contribution in [3.05, 3.63) is 0 Å². The maximum atomic E-state index is 10.4. The number of carbonyl (C=O) groups is 6. The van der Waals surface area contributed by atoms with Gasteiger partial charge in [-0.15, -0.1) is 0 Å². The Bertz CT molecular complexity index is 421. The van der Waals surface area contributed by atoms with E-state index in [0.717, 1.165) is 20.8 Å². The number of amides is 2. The average Bonchev–Trinajstić information content (AvgIpc) is 2.31. The molecule has 0 aromatic heterocycles. The van der Waals surface area contributed by atoms with Crippen LogP contribution in [0.1, 0.15) is 33.6 Å². The molecule has 0 spiro atoms. The van der Waals surface area contributed by atoms with Crippen molar-refractivity contribution >= 4 is 35.9 Å². The van der Waals surface area contributed by atoms with Gasteiger partial charge in [-0.2, -0.15) is 0 Å². The van der Waals surface area contributed by atoms with E-state index in [0.29, 0.717) is 0 Å². The summed E-state index contributed by atoms with van der Waals surface area (Å²) in [6.45, 7) is 3.25. The first-order valence-electron chi connectivity index (χ1n) is 6.22. The number of rotatable bonds is 5. The predicted molar refractivity (Wildman–Crippen MR) is 80.9 cm³/mol. The smallest absolute Gasteiger partial charge is 0.326 e. The minimum atomic E-state index is -1.31. The van der Waals surface area contributed by atoms with Crippen molar-refractivity contribution in [2.45, 2.75) is 39.7 Å². The van der Waals surface area contributed by atoms with E-state index < -0.39 is 41.9 Å². The number of nitrogens with one attached hydrogen (secondary N) is 1. The number of hydrogen-bond donors (Lipinski definition) is 7. The number of carboxylic acids is 5. The van der Waals surface area contributed by atoms with Gasteiger partial charge in [0.2, 0.25) is 0 Å². The Morgan fingerprint density at radius 3 is 1.24 bits per heavy atom. The van der Waals surface area contributed by atoms with Gasteiger partial charge in [0, 0.05) is 27.2 Å². The lowest BCUT2D eigenvalue weighted by Gasteiger charge is -2.10. The van der Waals surface area contributed by atoms with E-state index >= 15 is 0 Å². The first kappa shape index (κ1) is 29.6. The van der Waals surface area contributed by atoms with Crippen LogP contribution in [0.4, 0.5) is 4.79 Å². The first-order chi connectivity index (χ1) is 11.1. The molecule has 146 valence electrons. The highest BCUT2D eigenvalue weighted by Gasteiger charge is 2.19. The summed E-state index contributed by atoms with van der Waals surface area (Å²) in [5, 5.41) is 40.9. The van der Waals surface area contributed by atoms with Crippen LogP contribution >= 0.6 is 0 Å². The van der Waals surface area contributed by atoms with Gasteiger partial charge in [-0.25, -0.2) is 9.59 Å². The van der Waals surface area contributed by atoms with Gasteiger partial charge in [-0.1, -0.05) is 0 Å². The van der Waals surface area contributed by atoms with E-state index in [2.05, 4.69) is 5.73 Å². The lowest BCUT2D eigenvalue weighted by molar-refractivity contribution is -0.141. The topological polar surface area (TPSA) is 242 Å². The van der Waals surface area contributed by atoms with Crippen LogP contribution < -0.4 is 11.1 Å². The van der Waals surface area contributed by atoms with Gasteiger partial charge in [0.05, 0.1) is 0 Å². The molecular weight excluding hydrogens is 348 g/mol. The molecule has 0 saturated heterocycles. The summed E-state index contributed by atoms with van der Waals surface area (Å²) in [5.41, 5.74) is 4.68. The molecule has 0 fully saturated rings. The quantitative estimate of drug-likeness (QED) is 0.317. The molecule has 0 aromatic carbocycles. The third-order valence-corrected chi connectivity index (χ3v) is 1.26. The summed E-state index contributed by atoms with van der Waals surface area (Å²) in [5.74, 6) is -4.93. The van der Waals surface area contributed by atoms with Crippen molar-refractivity contribution in [1.82, 2.24) is 5.32 Å². The van der Waals surface area contributed by atoms with Crippen LogP contribution in [0.15, 0.2) is 0 Å². The Labute approximate surface area is 142 Å². The second kappa shape index (κ2) is 18.7. The summed E-state index contributed by atoms with van der Waals surface area (Å²) in [4.78, 5) is 57.7. The summed E-state index contributed by atoms with van der Waals surface area (Å²) >= 11 is 0. The molecule has 13 heteroatoms. The molecule has 0 aliphatic rings. The van der Waals surface area contributed by atoms with E-state index in [9.17, 15) is 14.4 Å². The predicted octanol–water partition coefficient (Wildman–Crippen LogP) is -0.755. The fraction of sp³-hybridized carbons (Fsp3) is 0.500. The van der Waals surface area contributed by atoms with E-state index in [4.69, 9.17) is 39.9 Å². The number of carbonyl (C=O) groups excluding carboxylic acids is 1. The zero-order valence-corrected chi connectivity index (χ0v) is 13.8. The van der Waals surface area contributed by atoms with Gasteiger partial charge in [-0.3, -0.25) is 19.2 Å². The van der Waals surface area contributed by atoms with Crippen molar-refractivity contribution < 1.29 is 54.3 Å². The fourth-order valence-corrected chi connectivity index (χ4v) is 0.697. The van der Waals surface area contributed by atoms with Gasteiger partial charge < -0.3 is 36.6 Å². The van der Waals surface area contributed by atoms with Crippen LogP contribution in [-0.2, 0) is 24.0 Å². The molecular formula is C12H22N2O11. The van der Waals surface area contributed by atoms with Crippen molar-refractivity contribution in [3.63, 3.8) is 0 Å². The lowest BCUT2D eigenvalue weighted by atomic mass is 10.1. The second-order valence-electron chi connectivity index (χ2n) is 3.89. The number of primary amides is 1. The summed E-state index contributed by atoms with van der Waals surface area (Å²) in [7, 11) is 0. The molecule has 0 radical (unpaired) electrons. The third-order valence-electron chi connectivity index (χ3n) is 1.26. The zero-order valence-electron chi connectivity index (χ0n) is 13.8.